The minimum absolute atomic E-state index is 0.0566. The number of phosphoric acid groups is 1. The van der Waals surface area contributed by atoms with E-state index in [9.17, 15) is 24.2 Å². The SMILES string of the molecule is CCCCCc1oc(CCCCCCCCC(=O)O[C@H](COC(=O)CCC/C=C\C/C=C\C/C=C\C/C=C\CC(O)CCC)COP(=O)([O-])OCC[N+](C)(C)C)c(C)c1C. The summed E-state index contributed by atoms with van der Waals surface area (Å²) in [6, 6.07) is 0. The monoisotopic (exact) mass is 864 g/mol. The second kappa shape index (κ2) is 33.8. The van der Waals surface area contributed by atoms with E-state index in [1.165, 1.54) is 30.4 Å². The van der Waals surface area contributed by atoms with Gasteiger partial charge >= 0.3 is 11.9 Å². The molecule has 11 nitrogen and oxygen atoms in total. The number of carbonyl (C=O) groups excluding carboxylic acids is 2. The Balaban J connectivity index is 2.42. The minimum atomic E-state index is -4.67. The van der Waals surface area contributed by atoms with E-state index in [0.717, 1.165) is 88.6 Å². The number of quaternary nitrogens is 1. The van der Waals surface area contributed by atoms with Gasteiger partial charge in [-0.2, -0.15) is 0 Å². The third-order valence-corrected chi connectivity index (χ3v) is 11.1. The highest BCUT2D eigenvalue weighted by Crippen LogP contribution is 2.38. The van der Waals surface area contributed by atoms with Crippen LogP contribution in [0.15, 0.2) is 53.0 Å². The third kappa shape index (κ3) is 30.3. The lowest BCUT2D eigenvalue weighted by molar-refractivity contribution is -0.870. The Kier molecular flexibility index (Phi) is 31.1. The first-order valence-corrected chi connectivity index (χ1v) is 24.2. The van der Waals surface area contributed by atoms with E-state index in [2.05, 4.69) is 64.2 Å². The molecule has 0 fully saturated rings. The molecular formula is C48H82NO10P. The van der Waals surface area contributed by atoms with Crippen molar-refractivity contribution < 1.29 is 51.6 Å². The van der Waals surface area contributed by atoms with Crippen LogP contribution >= 0.6 is 7.82 Å². The lowest BCUT2D eigenvalue weighted by Crippen LogP contribution is -2.37. The maximum atomic E-state index is 12.8. The molecule has 0 saturated carbocycles. The molecule has 344 valence electrons. The van der Waals surface area contributed by atoms with E-state index in [0.29, 0.717) is 36.7 Å². The Morgan fingerprint density at radius 2 is 1.27 bits per heavy atom. The van der Waals surface area contributed by atoms with Gasteiger partial charge in [-0.25, -0.2) is 0 Å². The van der Waals surface area contributed by atoms with Crippen LogP contribution in [0.3, 0.4) is 0 Å². The van der Waals surface area contributed by atoms with Crippen molar-refractivity contribution in [3.05, 3.63) is 71.3 Å². The van der Waals surface area contributed by atoms with Crippen LogP contribution in [0, 0.1) is 13.8 Å². The van der Waals surface area contributed by atoms with Crippen molar-refractivity contribution in [2.24, 2.45) is 0 Å². The molecule has 1 aromatic rings. The van der Waals surface area contributed by atoms with Gasteiger partial charge in [-0.15, -0.1) is 0 Å². The van der Waals surface area contributed by atoms with Crippen molar-refractivity contribution in [2.45, 2.75) is 175 Å². The summed E-state index contributed by atoms with van der Waals surface area (Å²) in [4.78, 5) is 37.7. The van der Waals surface area contributed by atoms with Crippen LogP contribution in [0.2, 0.25) is 0 Å². The number of likely N-dealkylation sites (N-methyl/N-ethyl adjacent to an activating group) is 1. The normalized spacial score (nSPS) is 14.5. The zero-order valence-electron chi connectivity index (χ0n) is 38.5. The predicted octanol–water partition coefficient (Wildman–Crippen LogP) is 10.7. The van der Waals surface area contributed by atoms with Gasteiger partial charge in [-0.3, -0.25) is 14.2 Å². The summed E-state index contributed by atoms with van der Waals surface area (Å²) < 4.78 is 40.1. The fraction of sp³-hybridized carbons (Fsp3) is 0.708. The molecule has 3 atom stereocenters. The second-order valence-electron chi connectivity index (χ2n) is 16.8. The van der Waals surface area contributed by atoms with E-state index >= 15 is 0 Å². The Labute approximate surface area is 363 Å². The smallest absolute Gasteiger partial charge is 0.306 e. The standard InChI is InChI=1S/C48H82NO10P/c1-8-10-26-33-45-41(3)42(4)46(59-45)34-28-23-20-21-25-30-36-48(52)58-44(40-57-60(53,54)56-38-37-49(5,6)7)39-55-47(51)35-29-24-19-17-15-13-11-12-14-16-18-22-27-32-43(50)31-9-2/h11,13-14,16-17,19,22,27,43-44,50H,8-10,12,15,18,20-21,23-26,28-40H2,1-7H3/b13-11-,16-14-,19-17-,27-22-/t43?,44-/m1/s1. The number of ether oxygens (including phenoxy) is 2. The number of aliphatic hydroxyl groups is 1. The van der Waals surface area contributed by atoms with E-state index in [1.54, 1.807) is 0 Å². The Hall–Kier alpha value is -2.79. The van der Waals surface area contributed by atoms with Gasteiger partial charge in [0.25, 0.3) is 7.82 Å². The summed E-state index contributed by atoms with van der Waals surface area (Å²) in [5.74, 6) is 1.30. The zero-order chi connectivity index (χ0) is 44.5. The lowest BCUT2D eigenvalue weighted by atomic mass is 10.0. The van der Waals surface area contributed by atoms with E-state index in [1.807, 2.05) is 33.3 Å². The van der Waals surface area contributed by atoms with E-state index < -0.39 is 32.5 Å². The quantitative estimate of drug-likeness (QED) is 0.0226. The number of unbranched alkanes of at least 4 members (excludes halogenated alkanes) is 8. The minimum Gasteiger partial charge on any atom is -0.756 e. The molecule has 0 amide bonds. The number of rotatable bonds is 37. The van der Waals surface area contributed by atoms with Gasteiger partial charge in [0.15, 0.2) is 6.10 Å². The number of phosphoric ester groups is 1. The van der Waals surface area contributed by atoms with Gasteiger partial charge in [0, 0.05) is 25.7 Å². The van der Waals surface area contributed by atoms with Crippen molar-refractivity contribution in [1.29, 1.82) is 0 Å². The molecule has 2 unspecified atom stereocenters. The largest absolute Gasteiger partial charge is 0.756 e. The molecule has 1 N–H and O–H groups in total. The predicted molar refractivity (Wildman–Crippen MR) is 240 cm³/mol. The van der Waals surface area contributed by atoms with Crippen LogP contribution in [-0.2, 0) is 45.5 Å². The summed E-state index contributed by atoms with van der Waals surface area (Å²) in [5.41, 5.74) is 2.58. The maximum absolute atomic E-state index is 12.8. The van der Waals surface area contributed by atoms with Crippen molar-refractivity contribution in [2.75, 3.05) is 47.5 Å². The molecule has 0 spiro atoms. The van der Waals surface area contributed by atoms with Gasteiger partial charge in [0.2, 0.25) is 0 Å². The summed E-state index contributed by atoms with van der Waals surface area (Å²) >= 11 is 0. The number of allylic oxidation sites excluding steroid dienone is 7. The molecule has 0 aliphatic rings. The van der Waals surface area contributed by atoms with E-state index in [4.69, 9.17) is 22.9 Å². The van der Waals surface area contributed by atoms with Crippen LogP contribution in [-0.4, -0.2) is 81.2 Å². The van der Waals surface area contributed by atoms with Crippen LogP contribution in [0.4, 0.5) is 0 Å². The number of aliphatic hydroxyl groups excluding tert-OH is 1. The van der Waals surface area contributed by atoms with Gasteiger partial charge in [0.05, 0.1) is 33.9 Å². The van der Waals surface area contributed by atoms with Crippen molar-refractivity contribution in [3.63, 3.8) is 0 Å². The van der Waals surface area contributed by atoms with Gasteiger partial charge in [-0.05, 0) is 89.2 Å². The number of esters is 2. The Bertz CT molecular complexity index is 1460. The van der Waals surface area contributed by atoms with Crippen molar-refractivity contribution in [1.82, 2.24) is 0 Å². The number of hydrogen-bond acceptors (Lipinski definition) is 10. The molecule has 12 heteroatoms. The second-order valence-corrected chi connectivity index (χ2v) is 18.2. The first kappa shape index (κ1) is 55.2. The fourth-order valence-electron chi connectivity index (χ4n) is 6.25. The van der Waals surface area contributed by atoms with Crippen LogP contribution in [0.5, 0.6) is 0 Å². The molecule has 1 heterocycles. The van der Waals surface area contributed by atoms with Gasteiger partial charge < -0.3 is 37.4 Å². The average molecular weight is 864 g/mol. The highest BCUT2D eigenvalue weighted by atomic mass is 31.2. The Morgan fingerprint density at radius 1 is 0.717 bits per heavy atom. The number of carbonyl (C=O) groups is 2. The lowest BCUT2D eigenvalue weighted by Gasteiger charge is -2.28. The molecule has 1 rings (SSSR count). The van der Waals surface area contributed by atoms with Gasteiger partial charge in [-0.1, -0.05) is 107 Å². The molecule has 0 aliphatic heterocycles. The summed E-state index contributed by atoms with van der Waals surface area (Å²) in [6.07, 6.45) is 33.3. The van der Waals surface area contributed by atoms with Crippen LogP contribution < -0.4 is 4.89 Å². The molecule has 1 aromatic heterocycles. The fourth-order valence-corrected chi connectivity index (χ4v) is 6.98. The molecule has 60 heavy (non-hydrogen) atoms. The molecular weight excluding hydrogens is 781 g/mol. The van der Waals surface area contributed by atoms with E-state index in [-0.39, 0.29) is 32.2 Å². The third-order valence-electron chi connectivity index (χ3n) is 10.1. The highest BCUT2D eigenvalue weighted by Gasteiger charge is 2.22. The summed E-state index contributed by atoms with van der Waals surface area (Å²) in [7, 11) is 1.08. The number of nitrogens with zero attached hydrogens (tertiary/aromatic N) is 1. The van der Waals surface area contributed by atoms with Crippen molar-refractivity contribution >= 4 is 19.8 Å². The molecule has 0 aromatic carbocycles. The molecule has 0 saturated heterocycles. The Morgan fingerprint density at radius 3 is 1.87 bits per heavy atom. The zero-order valence-corrected chi connectivity index (χ0v) is 39.4. The van der Waals surface area contributed by atoms with Crippen molar-refractivity contribution in [3.8, 4) is 0 Å². The highest BCUT2D eigenvalue weighted by molar-refractivity contribution is 7.45. The molecule has 0 aliphatic carbocycles. The van der Waals surface area contributed by atoms with Gasteiger partial charge in [0.1, 0.15) is 31.3 Å². The maximum Gasteiger partial charge on any atom is 0.306 e. The first-order valence-electron chi connectivity index (χ1n) is 22.8. The summed E-state index contributed by atoms with van der Waals surface area (Å²) in [6.45, 7) is 8.18. The summed E-state index contributed by atoms with van der Waals surface area (Å²) in [5, 5.41) is 9.74. The van der Waals surface area contributed by atoms with Crippen LogP contribution in [0.1, 0.15) is 158 Å². The first-order chi connectivity index (χ1) is 28.7. The number of furan rings is 1. The average Bonchev–Trinajstić information content (AvgIpc) is 3.45. The number of hydrogen-bond donors (Lipinski definition) is 1. The molecule has 0 bridgehead atoms. The van der Waals surface area contributed by atoms with Crippen LogP contribution in [0.25, 0.3) is 0 Å². The topological polar surface area (TPSA) is 145 Å². The number of aryl methyl sites for hydroxylation is 2. The molecule has 0 radical (unpaired) electrons.